The van der Waals surface area contributed by atoms with Crippen LogP contribution in [0.2, 0.25) is 0 Å². The maximum Gasteiger partial charge on any atom is 0.332 e. The summed E-state index contributed by atoms with van der Waals surface area (Å²) in [5.41, 5.74) is 7.84. The molecule has 0 spiro atoms. The molecular formula is C23H22N6O3S. The fourth-order valence-electron chi connectivity index (χ4n) is 3.86. The lowest BCUT2D eigenvalue weighted by molar-refractivity contribution is 0.0992. The van der Waals surface area contributed by atoms with E-state index in [1.807, 2.05) is 41.7 Å². The molecular weight excluding hydrogens is 440 g/mol. The second kappa shape index (κ2) is 8.26. The van der Waals surface area contributed by atoms with E-state index in [1.54, 1.807) is 6.92 Å². The second-order valence-electron chi connectivity index (χ2n) is 7.70. The van der Waals surface area contributed by atoms with Gasteiger partial charge in [0, 0.05) is 14.1 Å². The zero-order chi connectivity index (χ0) is 24.0. The number of thioether (sulfide) groups is 1. The number of fused-ring (bicyclic) bond motifs is 3. The summed E-state index contributed by atoms with van der Waals surface area (Å²) in [5.74, 6) is -0.637. The number of benzene rings is 1. The summed E-state index contributed by atoms with van der Waals surface area (Å²) in [6.45, 7) is 3.64. The first-order valence-electron chi connectivity index (χ1n) is 10.3. The van der Waals surface area contributed by atoms with E-state index < -0.39 is 22.3 Å². The molecule has 10 heteroatoms. The SMILES string of the molecule is CCc1cc(S[C@H](C)C(=O)c2c(N)n(C)c(=O)n(C)c2=O)n2c(nc3ccccc32)c1C#N. The Kier molecular flexibility index (Phi) is 5.59. The number of nitrogens with zero attached hydrogens (tertiary/aromatic N) is 5. The van der Waals surface area contributed by atoms with Gasteiger partial charge in [0.2, 0.25) is 0 Å². The van der Waals surface area contributed by atoms with Crippen molar-refractivity contribution in [3.63, 3.8) is 0 Å². The first-order chi connectivity index (χ1) is 15.7. The van der Waals surface area contributed by atoms with Gasteiger partial charge in [-0.1, -0.05) is 30.8 Å². The Labute approximate surface area is 193 Å². The zero-order valence-corrected chi connectivity index (χ0v) is 19.4. The Morgan fingerprint density at radius 2 is 1.94 bits per heavy atom. The topological polar surface area (TPSA) is 128 Å². The molecule has 0 aliphatic carbocycles. The summed E-state index contributed by atoms with van der Waals surface area (Å²) in [4.78, 5) is 42.8. The molecule has 4 aromatic rings. The molecule has 0 aliphatic heterocycles. The predicted molar refractivity (Wildman–Crippen MR) is 128 cm³/mol. The van der Waals surface area contributed by atoms with E-state index in [9.17, 15) is 19.6 Å². The highest BCUT2D eigenvalue weighted by Gasteiger charge is 2.27. The summed E-state index contributed by atoms with van der Waals surface area (Å²) in [5, 5.41) is 9.80. The monoisotopic (exact) mass is 462 g/mol. The van der Waals surface area contributed by atoms with E-state index in [-0.39, 0.29) is 11.4 Å². The molecule has 0 saturated carbocycles. The number of aryl methyl sites for hydroxylation is 1. The lowest BCUT2D eigenvalue weighted by Crippen LogP contribution is -2.42. The van der Waals surface area contributed by atoms with Gasteiger partial charge in [0.1, 0.15) is 17.5 Å². The maximum atomic E-state index is 13.3. The van der Waals surface area contributed by atoms with Crippen molar-refractivity contribution in [2.45, 2.75) is 30.5 Å². The van der Waals surface area contributed by atoms with Gasteiger partial charge in [0.25, 0.3) is 5.56 Å². The van der Waals surface area contributed by atoms with Crippen molar-refractivity contribution in [2.24, 2.45) is 14.1 Å². The van der Waals surface area contributed by atoms with Gasteiger partial charge in [-0.15, -0.1) is 0 Å². The number of hydrogen-bond donors (Lipinski definition) is 1. The van der Waals surface area contributed by atoms with Crippen LogP contribution in [0.1, 0.15) is 35.3 Å². The number of carbonyl (C=O) groups excluding carboxylic acids is 1. The number of anilines is 1. The van der Waals surface area contributed by atoms with Crippen molar-refractivity contribution in [1.29, 1.82) is 5.26 Å². The molecule has 0 saturated heterocycles. The number of carbonyl (C=O) groups is 1. The molecule has 33 heavy (non-hydrogen) atoms. The molecule has 3 heterocycles. The zero-order valence-electron chi connectivity index (χ0n) is 18.6. The minimum Gasteiger partial charge on any atom is -0.384 e. The van der Waals surface area contributed by atoms with Crippen molar-refractivity contribution in [3.8, 4) is 6.07 Å². The molecule has 3 aromatic heterocycles. The fourth-order valence-corrected chi connectivity index (χ4v) is 4.95. The van der Waals surface area contributed by atoms with Gasteiger partial charge >= 0.3 is 5.69 Å². The quantitative estimate of drug-likeness (QED) is 0.356. The van der Waals surface area contributed by atoms with Gasteiger partial charge in [-0.2, -0.15) is 5.26 Å². The normalized spacial score (nSPS) is 12.2. The number of rotatable bonds is 5. The van der Waals surface area contributed by atoms with Crippen LogP contribution in [0.15, 0.2) is 44.9 Å². The third-order valence-corrected chi connectivity index (χ3v) is 6.85. The average molecular weight is 463 g/mol. The Morgan fingerprint density at radius 1 is 1.24 bits per heavy atom. The average Bonchev–Trinajstić information content (AvgIpc) is 3.20. The summed E-state index contributed by atoms with van der Waals surface area (Å²) in [7, 11) is 2.73. The van der Waals surface area contributed by atoms with Gasteiger partial charge in [-0.3, -0.25) is 23.1 Å². The van der Waals surface area contributed by atoms with Crippen LogP contribution in [-0.2, 0) is 20.5 Å². The molecule has 0 unspecified atom stereocenters. The molecule has 168 valence electrons. The van der Waals surface area contributed by atoms with Crippen LogP contribution in [0.3, 0.4) is 0 Å². The van der Waals surface area contributed by atoms with Gasteiger partial charge in [0.15, 0.2) is 11.4 Å². The van der Waals surface area contributed by atoms with Crippen LogP contribution in [0, 0.1) is 11.3 Å². The van der Waals surface area contributed by atoms with Crippen LogP contribution in [0.4, 0.5) is 5.82 Å². The van der Waals surface area contributed by atoms with Crippen LogP contribution >= 0.6 is 11.8 Å². The van der Waals surface area contributed by atoms with E-state index in [4.69, 9.17) is 5.73 Å². The van der Waals surface area contributed by atoms with E-state index >= 15 is 0 Å². The van der Waals surface area contributed by atoms with E-state index in [0.29, 0.717) is 17.6 Å². The summed E-state index contributed by atoms with van der Waals surface area (Å²) < 4.78 is 3.83. The molecule has 0 aliphatic rings. The van der Waals surface area contributed by atoms with Gasteiger partial charge < -0.3 is 5.73 Å². The number of pyridine rings is 1. The first-order valence-corrected chi connectivity index (χ1v) is 11.2. The molecule has 0 radical (unpaired) electrons. The minimum absolute atomic E-state index is 0.159. The third kappa shape index (κ3) is 3.41. The van der Waals surface area contributed by atoms with Crippen LogP contribution in [0.5, 0.6) is 0 Å². The summed E-state index contributed by atoms with van der Waals surface area (Å²) >= 11 is 1.25. The Bertz CT molecular complexity index is 1610. The fraction of sp³-hybridized carbons (Fsp3) is 0.261. The van der Waals surface area contributed by atoms with Gasteiger partial charge in [-0.25, -0.2) is 9.78 Å². The lowest BCUT2D eigenvalue weighted by Gasteiger charge is -2.16. The molecule has 4 rings (SSSR count). The lowest BCUT2D eigenvalue weighted by atomic mass is 10.1. The number of imidazole rings is 1. The Morgan fingerprint density at radius 3 is 2.61 bits per heavy atom. The van der Waals surface area contributed by atoms with Crippen molar-refractivity contribution in [3.05, 3.63) is 67.9 Å². The molecule has 1 atom stereocenters. The van der Waals surface area contributed by atoms with Crippen LogP contribution < -0.4 is 17.0 Å². The standard InChI is InChI=1S/C23H22N6O3S/c1-5-13-10-17(29-16-9-7-6-8-15(16)26-21(29)14(13)11-24)33-12(2)19(30)18-20(25)27(3)23(32)28(4)22(18)31/h6-10,12H,5,25H2,1-4H3/t12-/m1/s1. The van der Waals surface area contributed by atoms with Crippen LogP contribution in [-0.4, -0.2) is 29.6 Å². The highest BCUT2D eigenvalue weighted by Crippen LogP contribution is 2.33. The highest BCUT2D eigenvalue weighted by atomic mass is 32.2. The van der Waals surface area contributed by atoms with Gasteiger partial charge in [-0.05, 0) is 37.1 Å². The number of para-hydroxylation sites is 2. The van der Waals surface area contributed by atoms with Crippen molar-refractivity contribution in [2.75, 3.05) is 5.73 Å². The molecule has 0 amide bonds. The number of hydrogen-bond acceptors (Lipinski definition) is 7. The van der Waals surface area contributed by atoms with Crippen LogP contribution in [0.25, 0.3) is 16.7 Å². The van der Waals surface area contributed by atoms with E-state index in [0.717, 1.165) is 30.8 Å². The smallest absolute Gasteiger partial charge is 0.332 e. The third-order valence-electron chi connectivity index (χ3n) is 5.74. The van der Waals surface area contributed by atoms with Gasteiger partial charge in [0.05, 0.1) is 26.9 Å². The molecule has 1 aromatic carbocycles. The Hall–Kier alpha value is -3.84. The van der Waals surface area contributed by atoms with Crippen molar-refractivity contribution in [1.82, 2.24) is 18.5 Å². The molecule has 0 fully saturated rings. The largest absolute Gasteiger partial charge is 0.384 e. The maximum absolute atomic E-state index is 13.3. The van der Waals surface area contributed by atoms with Crippen molar-refractivity contribution >= 4 is 40.0 Å². The summed E-state index contributed by atoms with van der Waals surface area (Å²) in [6, 6.07) is 11.7. The second-order valence-corrected chi connectivity index (χ2v) is 9.06. The number of ketones is 1. The van der Waals surface area contributed by atoms with E-state index in [2.05, 4.69) is 11.1 Å². The number of nitriles is 1. The highest BCUT2D eigenvalue weighted by molar-refractivity contribution is 8.00. The number of nitrogens with two attached hydrogens (primary N) is 1. The number of nitrogen functional groups attached to an aromatic ring is 1. The predicted octanol–water partition coefficient (Wildman–Crippen LogP) is 2.26. The number of Topliss-reactive ketones (excluding diaryl/α,β-unsaturated/α-hetero) is 1. The Balaban J connectivity index is 1.88. The van der Waals surface area contributed by atoms with Crippen molar-refractivity contribution < 1.29 is 4.79 Å². The summed E-state index contributed by atoms with van der Waals surface area (Å²) in [6.07, 6.45) is 0.618. The molecule has 2 N–H and O–H groups in total. The van der Waals surface area contributed by atoms with E-state index in [1.165, 1.54) is 25.9 Å². The first kappa shape index (κ1) is 22.4. The molecule has 0 bridgehead atoms. The minimum atomic E-state index is -0.722. The molecule has 9 nitrogen and oxygen atoms in total. The number of aromatic nitrogens is 4.